The lowest BCUT2D eigenvalue weighted by Crippen LogP contribution is -2.44. The molecule has 3 aromatic rings. The Kier molecular flexibility index (Phi) is 4.94. The Labute approximate surface area is 166 Å². The Hall–Kier alpha value is -3.38. The lowest BCUT2D eigenvalue weighted by molar-refractivity contribution is 0.0954. The van der Waals surface area contributed by atoms with E-state index in [9.17, 15) is 18.8 Å². The molecule has 0 aliphatic carbocycles. The van der Waals surface area contributed by atoms with Crippen molar-refractivity contribution in [3.8, 4) is 0 Å². The van der Waals surface area contributed by atoms with Gasteiger partial charge >= 0.3 is 5.69 Å². The van der Waals surface area contributed by atoms with Gasteiger partial charge in [-0.2, -0.15) is 5.43 Å². The van der Waals surface area contributed by atoms with E-state index in [0.717, 1.165) is 21.5 Å². The molecule has 12 heteroatoms. The summed E-state index contributed by atoms with van der Waals surface area (Å²) in [6.07, 6.45) is 0.864. The smallest absolute Gasteiger partial charge is 0.336 e. The van der Waals surface area contributed by atoms with Crippen molar-refractivity contribution in [1.29, 1.82) is 0 Å². The summed E-state index contributed by atoms with van der Waals surface area (Å²) in [6, 6.07) is 5.77. The first-order chi connectivity index (χ1) is 13.9. The third-order valence-electron chi connectivity index (χ3n) is 4.42. The molecule has 1 atom stereocenters. The van der Waals surface area contributed by atoms with Gasteiger partial charge in [0.05, 0.1) is 6.54 Å². The number of hydrogen-bond acceptors (Lipinski definition) is 8. The number of hydrogen-bond donors (Lipinski definition) is 3. The molecule has 1 aliphatic rings. The van der Waals surface area contributed by atoms with Gasteiger partial charge in [-0.05, 0) is 24.6 Å². The summed E-state index contributed by atoms with van der Waals surface area (Å²) in [5.41, 5.74) is 5.24. The number of halogens is 1. The Morgan fingerprint density at radius 3 is 2.76 bits per heavy atom. The van der Waals surface area contributed by atoms with Crippen LogP contribution in [0.15, 0.2) is 50.4 Å². The molecule has 0 saturated carbocycles. The number of nitrogens with one attached hydrogen (secondary N) is 3. The highest BCUT2D eigenvalue weighted by Crippen LogP contribution is 2.18. The second-order valence-corrected chi connectivity index (χ2v) is 7.42. The molecular formula is C17H16FN7O3S. The number of carbonyl (C=O) groups excluding carboxylic acids is 1. The monoisotopic (exact) mass is 417 g/mol. The maximum atomic E-state index is 13.0. The number of amides is 1. The van der Waals surface area contributed by atoms with Gasteiger partial charge in [-0.15, -0.1) is 16.5 Å². The molecule has 3 N–H and O–H groups in total. The topological polar surface area (TPSA) is 121 Å². The number of hydrazine groups is 1. The van der Waals surface area contributed by atoms with Crippen LogP contribution in [0.4, 0.5) is 4.39 Å². The van der Waals surface area contributed by atoms with E-state index in [0.29, 0.717) is 10.4 Å². The standard InChI is InChI=1S/C17H16FN7O3S/c1-9-15(27)24(8-13-20-22-23-21-13)17(28)25-7-12(29-16(9)25)14(26)19-6-10-2-4-11(18)5-3-10/h2-5,7,13H,6,8H2,1H3,(H,19,26)(H,20,23)(H,21,22). The van der Waals surface area contributed by atoms with Crippen LogP contribution in [0.2, 0.25) is 0 Å². The van der Waals surface area contributed by atoms with E-state index in [1.807, 2.05) is 0 Å². The number of aryl methyl sites for hydroxylation is 1. The van der Waals surface area contributed by atoms with Gasteiger partial charge in [0.1, 0.15) is 15.5 Å². The lowest BCUT2D eigenvalue weighted by Gasteiger charge is -2.09. The van der Waals surface area contributed by atoms with Gasteiger partial charge in [-0.3, -0.25) is 18.6 Å². The van der Waals surface area contributed by atoms with Gasteiger partial charge in [0.2, 0.25) is 0 Å². The average molecular weight is 417 g/mol. The highest BCUT2D eigenvalue weighted by Gasteiger charge is 2.20. The molecule has 0 radical (unpaired) electrons. The minimum atomic E-state index is -0.562. The van der Waals surface area contributed by atoms with E-state index >= 15 is 0 Å². The third kappa shape index (κ3) is 3.67. The van der Waals surface area contributed by atoms with E-state index in [1.165, 1.54) is 22.7 Å². The zero-order valence-corrected chi connectivity index (χ0v) is 16.0. The minimum Gasteiger partial charge on any atom is -0.347 e. The van der Waals surface area contributed by atoms with Crippen molar-refractivity contribution in [1.82, 2.24) is 25.2 Å². The van der Waals surface area contributed by atoms with Gasteiger partial charge in [-0.1, -0.05) is 17.4 Å². The summed E-state index contributed by atoms with van der Waals surface area (Å²) in [7, 11) is 0. The molecule has 1 aromatic carbocycles. The van der Waals surface area contributed by atoms with E-state index in [-0.39, 0.29) is 23.8 Å². The van der Waals surface area contributed by atoms with Gasteiger partial charge in [-0.25, -0.2) is 14.7 Å². The molecule has 4 rings (SSSR count). The summed E-state index contributed by atoms with van der Waals surface area (Å²) < 4.78 is 15.3. The van der Waals surface area contributed by atoms with Gasteiger partial charge < -0.3 is 5.32 Å². The second-order valence-electron chi connectivity index (χ2n) is 6.39. The van der Waals surface area contributed by atoms with E-state index in [1.54, 1.807) is 19.1 Å². The fraction of sp³-hybridized carbons (Fsp3) is 0.235. The summed E-state index contributed by atoms with van der Waals surface area (Å²) in [6.45, 7) is 1.81. The van der Waals surface area contributed by atoms with Crippen LogP contribution < -0.4 is 27.5 Å². The maximum Gasteiger partial charge on any atom is 0.336 e. The third-order valence-corrected chi connectivity index (χ3v) is 5.63. The molecule has 0 saturated heterocycles. The van der Waals surface area contributed by atoms with E-state index in [4.69, 9.17) is 0 Å². The Bertz CT molecular complexity index is 1230. The fourth-order valence-corrected chi connectivity index (χ4v) is 3.89. The molecule has 1 amide bonds. The molecule has 10 nitrogen and oxygen atoms in total. The fourth-order valence-electron chi connectivity index (χ4n) is 2.89. The first kappa shape index (κ1) is 19.0. The highest BCUT2D eigenvalue weighted by atomic mass is 32.1. The average Bonchev–Trinajstić information content (AvgIpc) is 3.39. The van der Waals surface area contributed by atoms with Gasteiger partial charge in [0, 0.05) is 18.3 Å². The zero-order chi connectivity index (χ0) is 20.5. The normalized spacial score (nSPS) is 15.6. The first-order valence-corrected chi connectivity index (χ1v) is 9.44. The highest BCUT2D eigenvalue weighted by molar-refractivity contribution is 7.19. The second kappa shape index (κ2) is 7.56. The largest absolute Gasteiger partial charge is 0.347 e. The maximum absolute atomic E-state index is 13.0. The van der Waals surface area contributed by atoms with Crippen LogP contribution in [-0.2, 0) is 13.1 Å². The van der Waals surface area contributed by atoms with Crippen LogP contribution in [0.5, 0.6) is 0 Å². The SMILES string of the molecule is Cc1c(=O)n(CC2N=NNN2)c(=O)n2cc(C(=O)NCc3ccc(F)cc3)sc12. The lowest BCUT2D eigenvalue weighted by atomic mass is 10.2. The number of nitrogens with zero attached hydrogens (tertiary/aromatic N) is 4. The van der Waals surface area contributed by atoms with Crippen molar-refractivity contribution in [2.45, 2.75) is 26.2 Å². The zero-order valence-electron chi connectivity index (χ0n) is 15.2. The summed E-state index contributed by atoms with van der Waals surface area (Å²) in [5, 5.41) is 10.1. The van der Waals surface area contributed by atoms with Crippen LogP contribution in [0.1, 0.15) is 20.8 Å². The molecule has 3 heterocycles. The quantitative estimate of drug-likeness (QED) is 0.564. The van der Waals surface area contributed by atoms with E-state index in [2.05, 4.69) is 26.6 Å². The summed E-state index contributed by atoms with van der Waals surface area (Å²) in [5.74, 6) is -0.748. The van der Waals surface area contributed by atoms with Crippen molar-refractivity contribution in [2.75, 3.05) is 0 Å². The number of thiazole rings is 1. The molecular weight excluding hydrogens is 401 g/mol. The van der Waals surface area contributed by atoms with Crippen molar-refractivity contribution >= 4 is 22.1 Å². The van der Waals surface area contributed by atoms with Crippen LogP contribution in [-0.4, -0.2) is 21.0 Å². The Morgan fingerprint density at radius 2 is 2.07 bits per heavy atom. The van der Waals surface area contributed by atoms with Gasteiger partial charge in [0.25, 0.3) is 11.5 Å². The number of carbonyl (C=O) groups is 1. The predicted molar refractivity (Wildman–Crippen MR) is 103 cm³/mol. The summed E-state index contributed by atoms with van der Waals surface area (Å²) in [4.78, 5) is 38.6. The number of rotatable bonds is 5. The minimum absolute atomic E-state index is 0.000109. The number of aromatic nitrogens is 2. The Balaban J connectivity index is 1.62. The molecule has 0 spiro atoms. The van der Waals surface area contributed by atoms with Crippen LogP contribution in [0, 0.1) is 12.7 Å². The van der Waals surface area contributed by atoms with Crippen molar-refractivity contribution in [3.05, 3.63) is 73.1 Å². The van der Waals surface area contributed by atoms with Crippen LogP contribution in [0.3, 0.4) is 0 Å². The van der Waals surface area contributed by atoms with Gasteiger partial charge in [0.15, 0.2) is 6.17 Å². The van der Waals surface area contributed by atoms with Crippen molar-refractivity contribution in [3.63, 3.8) is 0 Å². The molecule has 0 bridgehead atoms. The molecule has 150 valence electrons. The number of benzene rings is 1. The predicted octanol–water partition coefficient (Wildman–Crippen LogP) is 0.701. The molecule has 1 aliphatic heterocycles. The number of fused-ring (bicyclic) bond motifs is 1. The molecule has 0 fully saturated rings. The van der Waals surface area contributed by atoms with E-state index < -0.39 is 23.3 Å². The molecule has 2 aromatic heterocycles. The molecule has 29 heavy (non-hydrogen) atoms. The van der Waals surface area contributed by atoms with Crippen molar-refractivity contribution < 1.29 is 9.18 Å². The summed E-state index contributed by atoms with van der Waals surface area (Å²) >= 11 is 1.06. The first-order valence-electron chi connectivity index (χ1n) is 8.62. The van der Waals surface area contributed by atoms with Crippen LogP contribution >= 0.6 is 11.3 Å². The van der Waals surface area contributed by atoms with Crippen molar-refractivity contribution in [2.24, 2.45) is 10.3 Å². The molecule has 1 unspecified atom stereocenters. The van der Waals surface area contributed by atoms with Crippen LogP contribution in [0.25, 0.3) is 4.83 Å². The Morgan fingerprint density at radius 1 is 1.31 bits per heavy atom.